The summed E-state index contributed by atoms with van der Waals surface area (Å²) in [6.45, 7) is 0.493. The first kappa shape index (κ1) is 14.6. The second kappa shape index (κ2) is 5.64. The third-order valence-corrected chi connectivity index (χ3v) is 5.38. The molecule has 5 N–H and O–H groups in total. The van der Waals surface area contributed by atoms with Crippen LogP contribution in [0, 0.1) is 0 Å². The van der Waals surface area contributed by atoms with E-state index in [1.807, 2.05) is 0 Å². The average Bonchev–Trinajstić information content (AvgIpc) is 2.75. The van der Waals surface area contributed by atoms with Crippen molar-refractivity contribution in [2.75, 3.05) is 13.7 Å². The number of hydrogen-bond acceptors (Lipinski definition) is 7. The molecular weight excluding hydrogens is 261 g/mol. The smallest absolute Gasteiger partial charge is 0.171 e. The van der Waals surface area contributed by atoms with E-state index in [2.05, 4.69) is 0 Å². The summed E-state index contributed by atoms with van der Waals surface area (Å²) in [7, 11) is 0.0780. The Kier molecular flexibility index (Phi) is 4.57. The van der Waals surface area contributed by atoms with Gasteiger partial charge < -0.3 is 29.8 Å². The largest absolute Gasteiger partial charge is 0.389 e. The predicted octanol–water partition coefficient (Wildman–Crippen LogP) is -1.82. The molecule has 0 aromatic rings. The lowest BCUT2D eigenvalue weighted by Gasteiger charge is -2.46. The van der Waals surface area contributed by atoms with Crippen molar-refractivity contribution < 1.29 is 29.8 Å². The zero-order valence-corrected chi connectivity index (χ0v) is 11.0. The van der Waals surface area contributed by atoms with E-state index in [4.69, 9.17) is 4.52 Å². The molecule has 2 aliphatic heterocycles. The standard InChI is InChI=1S/C10H20NO6P/c1-11-6(4-5-2-3-17-18(5)16)7(12)8(13)9(14)10(11)15/h5-10,12-16H,2-4H2,1H3/t5?,6?,7-,8?,9?,10-,18?/m1/s1. The van der Waals surface area contributed by atoms with Gasteiger partial charge in [-0.15, -0.1) is 0 Å². The molecule has 0 radical (unpaired) electrons. The van der Waals surface area contributed by atoms with Crippen LogP contribution >= 0.6 is 8.38 Å². The van der Waals surface area contributed by atoms with Crippen molar-refractivity contribution in [3.8, 4) is 0 Å². The van der Waals surface area contributed by atoms with Crippen molar-refractivity contribution in [2.45, 2.75) is 49.1 Å². The fourth-order valence-corrected chi connectivity index (χ4v) is 3.80. The number of nitrogens with zero attached hydrogens (tertiary/aromatic N) is 1. The summed E-state index contributed by atoms with van der Waals surface area (Å²) in [6, 6.07) is -0.512. The summed E-state index contributed by atoms with van der Waals surface area (Å²) in [4.78, 5) is 11.1. The molecule has 5 unspecified atom stereocenters. The summed E-state index contributed by atoms with van der Waals surface area (Å²) in [5.74, 6) is 0. The first-order valence-corrected chi connectivity index (χ1v) is 7.27. The van der Waals surface area contributed by atoms with Gasteiger partial charge in [-0.3, -0.25) is 4.90 Å². The van der Waals surface area contributed by atoms with Gasteiger partial charge in [0.05, 0.1) is 12.7 Å². The van der Waals surface area contributed by atoms with Gasteiger partial charge in [0, 0.05) is 11.7 Å². The van der Waals surface area contributed by atoms with E-state index in [0.717, 1.165) is 0 Å². The summed E-state index contributed by atoms with van der Waals surface area (Å²) >= 11 is 0. The minimum absolute atomic E-state index is 0.0725. The van der Waals surface area contributed by atoms with Gasteiger partial charge in [0.1, 0.15) is 18.4 Å². The highest BCUT2D eigenvalue weighted by atomic mass is 31.2. The zero-order chi connectivity index (χ0) is 13.4. The molecule has 18 heavy (non-hydrogen) atoms. The van der Waals surface area contributed by atoms with Gasteiger partial charge in [-0.2, -0.15) is 0 Å². The van der Waals surface area contributed by atoms with Gasteiger partial charge >= 0.3 is 0 Å². The molecule has 2 heterocycles. The van der Waals surface area contributed by atoms with Crippen LogP contribution in [0.25, 0.3) is 0 Å². The van der Waals surface area contributed by atoms with Crippen LogP contribution in [-0.4, -0.2) is 80.1 Å². The quantitative estimate of drug-likeness (QED) is 0.379. The van der Waals surface area contributed by atoms with Crippen molar-refractivity contribution in [1.82, 2.24) is 4.90 Å². The molecule has 7 atom stereocenters. The Morgan fingerprint density at radius 2 is 1.83 bits per heavy atom. The molecule has 0 aromatic heterocycles. The third kappa shape index (κ3) is 2.55. The number of hydrogen-bond donors (Lipinski definition) is 5. The lowest BCUT2D eigenvalue weighted by Crippen LogP contribution is -2.65. The highest BCUT2D eigenvalue weighted by Gasteiger charge is 2.47. The van der Waals surface area contributed by atoms with Crippen molar-refractivity contribution in [2.24, 2.45) is 0 Å². The van der Waals surface area contributed by atoms with Gasteiger partial charge in [-0.25, -0.2) is 0 Å². The molecule has 0 aliphatic carbocycles. The van der Waals surface area contributed by atoms with Crippen molar-refractivity contribution in [3.63, 3.8) is 0 Å². The van der Waals surface area contributed by atoms with Crippen LogP contribution in [-0.2, 0) is 4.52 Å². The van der Waals surface area contributed by atoms with Crippen LogP contribution < -0.4 is 0 Å². The fourth-order valence-electron chi connectivity index (χ4n) is 2.57. The predicted molar refractivity (Wildman–Crippen MR) is 63.7 cm³/mol. The molecule has 0 saturated carbocycles. The zero-order valence-electron chi connectivity index (χ0n) is 10.1. The molecule has 0 aromatic carbocycles. The maximum Gasteiger partial charge on any atom is 0.171 e. The summed E-state index contributed by atoms with van der Waals surface area (Å²) < 4.78 is 5.10. The molecule has 8 heteroatoms. The Balaban J connectivity index is 2.05. The van der Waals surface area contributed by atoms with Crippen LogP contribution in [0.4, 0.5) is 0 Å². The number of piperidine rings is 1. The minimum atomic E-state index is -1.49. The molecule has 0 spiro atoms. The molecule has 2 aliphatic rings. The van der Waals surface area contributed by atoms with E-state index in [0.29, 0.717) is 19.4 Å². The molecule has 106 valence electrons. The van der Waals surface area contributed by atoms with E-state index in [1.54, 1.807) is 7.05 Å². The summed E-state index contributed by atoms with van der Waals surface area (Å²) in [6.07, 6.45) is -4.03. The molecule has 0 amide bonds. The molecule has 2 fully saturated rings. The SMILES string of the molecule is CN1C(CC2CCOP2O)[C@@H](O)C(O)C(O)[C@H]1O. The summed E-state index contributed by atoms with van der Waals surface area (Å²) in [5, 5.41) is 38.9. The van der Waals surface area contributed by atoms with Crippen molar-refractivity contribution in [1.29, 1.82) is 0 Å². The maximum atomic E-state index is 9.96. The van der Waals surface area contributed by atoms with Crippen molar-refractivity contribution in [3.05, 3.63) is 0 Å². The highest BCUT2D eigenvalue weighted by molar-refractivity contribution is 7.47. The summed E-state index contributed by atoms with van der Waals surface area (Å²) in [5.41, 5.74) is -0.0725. The topological polar surface area (TPSA) is 114 Å². The Hall–Kier alpha value is 0.150. The lowest BCUT2D eigenvalue weighted by molar-refractivity contribution is -0.211. The normalized spacial score (nSPS) is 50.7. The average molecular weight is 281 g/mol. The lowest BCUT2D eigenvalue weighted by atomic mass is 9.89. The number of aliphatic hydroxyl groups is 4. The Morgan fingerprint density at radius 1 is 1.17 bits per heavy atom. The van der Waals surface area contributed by atoms with Gasteiger partial charge in [-0.1, -0.05) is 0 Å². The molecule has 2 saturated heterocycles. The van der Waals surface area contributed by atoms with E-state index in [1.165, 1.54) is 4.90 Å². The molecular formula is C10H20NO6P. The van der Waals surface area contributed by atoms with Gasteiger partial charge in [-0.05, 0) is 19.9 Å². The second-order valence-corrected chi connectivity index (χ2v) is 6.53. The monoisotopic (exact) mass is 281 g/mol. The number of rotatable bonds is 2. The number of likely N-dealkylation sites (N-methyl/N-ethyl adjacent to an activating group) is 1. The molecule has 0 bridgehead atoms. The second-order valence-electron chi connectivity index (χ2n) is 4.93. The van der Waals surface area contributed by atoms with Crippen LogP contribution in [0.3, 0.4) is 0 Å². The van der Waals surface area contributed by atoms with Crippen LogP contribution in [0.15, 0.2) is 0 Å². The third-order valence-electron chi connectivity index (χ3n) is 3.84. The fraction of sp³-hybridized carbons (Fsp3) is 1.00. The van der Waals surface area contributed by atoms with Crippen LogP contribution in [0.1, 0.15) is 12.8 Å². The van der Waals surface area contributed by atoms with E-state index in [-0.39, 0.29) is 5.66 Å². The van der Waals surface area contributed by atoms with Crippen LogP contribution in [0.2, 0.25) is 0 Å². The first-order valence-electron chi connectivity index (χ1n) is 5.98. The van der Waals surface area contributed by atoms with Gasteiger partial charge in [0.2, 0.25) is 0 Å². The van der Waals surface area contributed by atoms with Gasteiger partial charge in [0.15, 0.2) is 8.38 Å². The van der Waals surface area contributed by atoms with E-state index < -0.39 is 39.0 Å². The Labute approximate surface area is 107 Å². The highest BCUT2D eigenvalue weighted by Crippen LogP contribution is 2.48. The van der Waals surface area contributed by atoms with Crippen molar-refractivity contribution >= 4 is 8.38 Å². The molecule has 7 nitrogen and oxygen atoms in total. The minimum Gasteiger partial charge on any atom is -0.389 e. The van der Waals surface area contributed by atoms with Crippen LogP contribution in [0.5, 0.6) is 0 Å². The molecule has 2 rings (SSSR count). The Morgan fingerprint density at radius 3 is 2.39 bits per heavy atom. The van der Waals surface area contributed by atoms with E-state index in [9.17, 15) is 25.3 Å². The van der Waals surface area contributed by atoms with E-state index >= 15 is 0 Å². The Bertz CT molecular complexity index is 280. The maximum absolute atomic E-state index is 9.96. The number of likely N-dealkylation sites (tertiary alicyclic amines) is 1. The first-order chi connectivity index (χ1) is 8.43. The number of aliphatic hydroxyl groups excluding tert-OH is 4. The van der Waals surface area contributed by atoms with Gasteiger partial charge in [0.25, 0.3) is 0 Å².